The van der Waals surface area contributed by atoms with E-state index in [4.69, 9.17) is 0 Å². The summed E-state index contributed by atoms with van der Waals surface area (Å²) in [5.41, 5.74) is 2.28. The van der Waals surface area contributed by atoms with Crippen LogP contribution in [0.2, 0.25) is 0 Å². The van der Waals surface area contributed by atoms with E-state index >= 15 is 0 Å². The highest BCUT2D eigenvalue weighted by Crippen LogP contribution is 2.14. The fourth-order valence-electron chi connectivity index (χ4n) is 1.01. The van der Waals surface area contributed by atoms with Gasteiger partial charge in [-0.15, -0.1) is 0 Å². The molecule has 1 aromatic rings. The van der Waals surface area contributed by atoms with Crippen LogP contribution in [-0.2, 0) is 0 Å². The predicted molar refractivity (Wildman–Crippen MR) is 50.2 cm³/mol. The molecule has 1 rings (SSSR count). The predicted octanol–water partition coefficient (Wildman–Crippen LogP) is 2.93. The van der Waals surface area contributed by atoms with Gasteiger partial charge in [0.25, 0.3) is 0 Å². The molecular formula is C10H11NO. The Balaban J connectivity index is 2.87. The molecule has 2 nitrogen and oxygen atoms in total. The van der Waals surface area contributed by atoms with E-state index in [2.05, 4.69) is 11.1 Å². The number of hydrogen-bond acceptors (Lipinski definition) is 1. The summed E-state index contributed by atoms with van der Waals surface area (Å²) in [4.78, 5) is 0. The van der Waals surface area contributed by atoms with Crippen molar-refractivity contribution in [3.8, 4) is 6.07 Å². The van der Waals surface area contributed by atoms with E-state index < -0.39 is 0 Å². The Hall–Kier alpha value is -1.49. The minimum absolute atomic E-state index is 0.0110. The summed E-state index contributed by atoms with van der Waals surface area (Å²) >= 11 is 0. The Morgan fingerprint density at radius 2 is 1.92 bits per heavy atom. The van der Waals surface area contributed by atoms with Crippen LogP contribution < -0.4 is 0 Å². The fourth-order valence-corrected chi connectivity index (χ4v) is 1.01. The monoisotopic (exact) mass is 161 g/mol. The molecule has 0 N–H and O–H groups in total. The smallest absolute Gasteiger partial charge is 0.306 e. The third-order valence-corrected chi connectivity index (χ3v) is 1.82. The molecule has 1 aromatic carbocycles. The first-order valence-corrected chi connectivity index (χ1v) is 3.88. The highest BCUT2D eigenvalue weighted by atomic mass is 16.4. The molecule has 12 heavy (non-hydrogen) atoms. The molecule has 62 valence electrons. The number of rotatable bonds is 1. The average molecular weight is 161 g/mol. The topological polar surface area (TPSA) is 27.4 Å². The van der Waals surface area contributed by atoms with E-state index in [0.717, 1.165) is 5.56 Å². The fraction of sp³-hybridized carbons (Fsp3) is 0.300. The molecule has 2 heteroatoms. The Labute approximate surface area is 72.2 Å². The summed E-state index contributed by atoms with van der Waals surface area (Å²) in [7, 11) is 0. The molecule has 0 aromatic heterocycles. The van der Waals surface area contributed by atoms with Crippen LogP contribution in [0.5, 0.6) is 0 Å². The average Bonchev–Trinajstić information content (AvgIpc) is 2.06. The second-order valence-corrected chi connectivity index (χ2v) is 2.85. The lowest BCUT2D eigenvalue weighted by Crippen LogP contribution is -1.88. The highest BCUT2D eigenvalue weighted by molar-refractivity contribution is 5.28. The van der Waals surface area contributed by atoms with Gasteiger partial charge in [0.15, 0.2) is 0 Å². The molecule has 0 aliphatic carbocycles. The lowest BCUT2D eigenvalue weighted by Gasteiger charge is -1.99. The van der Waals surface area contributed by atoms with Crippen molar-refractivity contribution in [3.05, 3.63) is 45.6 Å². The maximum absolute atomic E-state index is 9.89. The molecule has 0 saturated heterocycles. The molecule has 0 spiro atoms. The van der Waals surface area contributed by atoms with Crippen molar-refractivity contribution in [2.75, 3.05) is 0 Å². The van der Waals surface area contributed by atoms with Crippen LogP contribution in [0.3, 0.4) is 0 Å². The van der Waals surface area contributed by atoms with Gasteiger partial charge in [-0.1, -0.05) is 29.8 Å². The summed E-state index contributed by atoms with van der Waals surface area (Å²) in [5, 5.41) is 12.5. The second-order valence-electron chi connectivity index (χ2n) is 2.85. The van der Waals surface area contributed by atoms with Gasteiger partial charge in [-0.3, -0.25) is 0 Å². The van der Waals surface area contributed by atoms with Crippen LogP contribution in [0.1, 0.15) is 24.0 Å². The number of benzene rings is 1. The molecule has 0 unspecified atom stereocenters. The molecule has 0 fully saturated rings. The normalized spacial score (nSPS) is 11.5. The summed E-state index contributed by atoms with van der Waals surface area (Å²) < 4.78 is 0. The molecule has 0 amide bonds. The van der Waals surface area contributed by atoms with Gasteiger partial charge < -0.3 is 5.21 Å². The van der Waals surface area contributed by atoms with Gasteiger partial charge in [-0.2, -0.15) is 0 Å². The number of aryl methyl sites for hydroxylation is 1. The molecule has 0 heterocycles. The molecule has 0 aliphatic rings. The van der Waals surface area contributed by atoms with Gasteiger partial charge in [0, 0.05) is 5.01 Å². The van der Waals surface area contributed by atoms with Crippen molar-refractivity contribution in [3.63, 3.8) is 0 Å². The Bertz CT molecular complexity index is 305. The van der Waals surface area contributed by atoms with E-state index in [1.54, 1.807) is 0 Å². The quantitative estimate of drug-likeness (QED) is 0.582. The van der Waals surface area contributed by atoms with Crippen molar-refractivity contribution in [1.29, 1.82) is 0 Å². The van der Waals surface area contributed by atoms with Crippen molar-refractivity contribution in [2.24, 2.45) is 0 Å². The summed E-state index contributed by atoms with van der Waals surface area (Å²) in [6, 6.07) is 10.4. The third kappa shape index (κ3) is 2.00. The van der Waals surface area contributed by atoms with Crippen molar-refractivity contribution >= 4 is 0 Å². The van der Waals surface area contributed by atoms with Crippen LogP contribution in [-0.4, -0.2) is 0 Å². The van der Waals surface area contributed by atoms with Crippen LogP contribution in [0.15, 0.2) is 24.3 Å². The van der Waals surface area contributed by atoms with Crippen LogP contribution in [0.25, 0.3) is 5.01 Å². The minimum Gasteiger partial charge on any atom is -0.498 e. The summed E-state index contributed by atoms with van der Waals surface area (Å²) in [6.45, 7) is 3.92. The second kappa shape index (κ2) is 3.77. The van der Waals surface area contributed by atoms with Crippen LogP contribution in [0.4, 0.5) is 0 Å². The zero-order valence-corrected chi connectivity index (χ0v) is 7.24. The van der Waals surface area contributed by atoms with E-state index in [9.17, 15) is 5.21 Å². The maximum Gasteiger partial charge on any atom is 0.306 e. The third-order valence-electron chi connectivity index (χ3n) is 1.82. The van der Waals surface area contributed by atoms with Crippen LogP contribution in [0, 0.1) is 18.2 Å². The molecule has 0 bridgehead atoms. The van der Waals surface area contributed by atoms with Gasteiger partial charge in [-0.25, -0.2) is 0 Å². The molecule has 0 saturated carbocycles. The largest absolute Gasteiger partial charge is 0.498 e. The first-order chi connectivity index (χ1) is 5.74. The molecule has 0 radical (unpaired) electrons. The zero-order chi connectivity index (χ0) is 8.97. The Kier molecular flexibility index (Phi) is 2.71. The van der Waals surface area contributed by atoms with Gasteiger partial charge in [0.2, 0.25) is 0 Å². The highest BCUT2D eigenvalue weighted by Gasteiger charge is 2.06. The molecular weight excluding hydrogens is 150 g/mol. The Morgan fingerprint density at radius 1 is 1.33 bits per heavy atom. The summed E-state index contributed by atoms with van der Waals surface area (Å²) in [6.07, 6.45) is 0. The zero-order valence-electron chi connectivity index (χ0n) is 7.24. The van der Waals surface area contributed by atoms with E-state index in [1.165, 1.54) is 5.56 Å². The lowest BCUT2D eigenvalue weighted by molar-refractivity contribution is 1.00. The Morgan fingerprint density at radius 3 is 2.42 bits per heavy atom. The number of hydrogen-bond donors (Lipinski definition) is 0. The maximum atomic E-state index is 9.89. The van der Waals surface area contributed by atoms with E-state index in [1.807, 2.05) is 38.1 Å². The van der Waals surface area contributed by atoms with Gasteiger partial charge in [0.1, 0.15) is 5.92 Å². The molecule has 0 aliphatic heterocycles. The SMILES string of the molecule is Cc1ccc([C@@H](C)C#[N+][O-])cc1. The first kappa shape index (κ1) is 8.61. The lowest BCUT2D eigenvalue weighted by atomic mass is 10.0. The molecule has 1 atom stereocenters. The van der Waals surface area contributed by atoms with Crippen molar-refractivity contribution in [2.45, 2.75) is 19.8 Å². The van der Waals surface area contributed by atoms with Crippen molar-refractivity contribution in [1.82, 2.24) is 0 Å². The number of nitrogens with zero attached hydrogens (tertiary/aromatic N) is 1. The minimum atomic E-state index is -0.0110. The first-order valence-electron chi connectivity index (χ1n) is 3.88. The van der Waals surface area contributed by atoms with Gasteiger partial charge in [-0.05, 0) is 19.4 Å². The summed E-state index contributed by atoms with van der Waals surface area (Å²) in [5.74, 6) is -0.0110. The van der Waals surface area contributed by atoms with Crippen molar-refractivity contribution < 1.29 is 0 Å². The van der Waals surface area contributed by atoms with E-state index in [0.29, 0.717) is 0 Å². The standard InChI is InChI=1S/C10H11NO/c1-8-3-5-10(6-4-8)9(2)7-11-12/h3-6,9H,1-2H3/t9-/m0/s1. The van der Waals surface area contributed by atoms with Gasteiger partial charge >= 0.3 is 6.07 Å². The van der Waals surface area contributed by atoms with Gasteiger partial charge in [0.05, 0.1) is 0 Å². The van der Waals surface area contributed by atoms with E-state index in [-0.39, 0.29) is 5.92 Å². The van der Waals surface area contributed by atoms with Crippen LogP contribution >= 0.6 is 0 Å².